The number of hydrogen-bond donors (Lipinski definition) is 2. The van der Waals surface area contributed by atoms with Gasteiger partial charge in [-0.25, -0.2) is 0 Å². The van der Waals surface area contributed by atoms with E-state index in [4.69, 9.17) is 4.74 Å². The van der Waals surface area contributed by atoms with E-state index < -0.39 is 6.10 Å². The number of aromatic nitrogens is 1. The van der Waals surface area contributed by atoms with Crippen LogP contribution in [0.25, 0.3) is 0 Å². The molecule has 1 aromatic heterocycles. The Morgan fingerprint density at radius 3 is 3.06 bits per heavy atom. The van der Waals surface area contributed by atoms with E-state index in [1.165, 1.54) is 7.11 Å². The number of aliphatic hydroxyl groups is 1. The van der Waals surface area contributed by atoms with Crippen molar-refractivity contribution >= 4 is 5.91 Å². The smallest absolute Gasteiger partial charge is 0.251 e. The minimum atomic E-state index is -0.543. The van der Waals surface area contributed by atoms with Crippen molar-refractivity contribution < 1.29 is 14.6 Å². The van der Waals surface area contributed by atoms with Gasteiger partial charge in [-0.2, -0.15) is 0 Å². The molecule has 0 spiro atoms. The zero-order chi connectivity index (χ0) is 13.4. The molecule has 100 valence electrons. The molecule has 1 rings (SSSR count). The molecule has 1 aromatic rings. The SMILES string of the molecule is CCc1cnccc1C(=O)NCCC(O)COC. The van der Waals surface area contributed by atoms with E-state index in [1.807, 2.05) is 6.92 Å². The summed E-state index contributed by atoms with van der Waals surface area (Å²) in [5, 5.41) is 12.2. The average Bonchev–Trinajstić information content (AvgIpc) is 2.38. The molecule has 5 nitrogen and oxygen atoms in total. The second-order valence-corrected chi connectivity index (χ2v) is 4.04. The summed E-state index contributed by atoms with van der Waals surface area (Å²) in [6.07, 6.45) is 4.01. The third-order valence-electron chi connectivity index (χ3n) is 2.65. The number of amides is 1. The number of pyridine rings is 1. The van der Waals surface area contributed by atoms with Crippen LogP contribution in [-0.4, -0.2) is 42.4 Å². The summed E-state index contributed by atoms with van der Waals surface area (Å²) < 4.78 is 4.81. The molecule has 1 amide bonds. The lowest BCUT2D eigenvalue weighted by molar-refractivity contribution is 0.0587. The van der Waals surface area contributed by atoms with E-state index in [0.29, 0.717) is 18.5 Å². The fraction of sp³-hybridized carbons (Fsp3) is 0.538. The van der Waals surface area contributed by atoms with Crippen molar-refractivity contribution in [3.63, 3.8) is 0 Å². The van der Waals surface area contributed by atoms with Crippen molar-refractivity contribution in [2.45, 2.75) is 25.9 Å². The topological polar surface area (TPSA) is 71.5 Å². The summed E-state index contributed by atoms with van der Waals surface area (Å²) in [6.45, 7) is 2.69. The van der Waals surface area contributed by atoms with Gasteiger partial charge in [-0.05, 0) is 24.5 Å². The quantitative estimate of drug-likeness (QED) is 0.752. The van der Waals surface area contributed by atoms with Crippen molar-refractivity contribution in [2.75, 3.05) is 20.3 Å². The third-order valence-corrected chi connectivity index (χ3v) is 2.65. The number of rotatable bonds is 7. The predicted molar refractivity (Wildman–Crippen MR) is 68.4 cm³/mol. The number of hydrogen-bond acceptors (Lipinski definition) is 4. The average molecular weight is 252 g/mol. The van der Waals surface area contributed by atoms with E-state index in [-0.39, 0.29) is 12.5 Å². The van der Waals surface area contributed by atoms with Gasteiger partial charge < -0.3 is 15.2 Å². The Hall–Kier alpha value is -1.46. The summed E-state index contributed by atoms with van der Waals surface area (Å²) in [5.74, 6) is -0.126. The lowest BCUT2D eigenvalue weighted by Gasteiger charge is -2.11. The molecule has 1 unspecified atom stereocenters. The number of carbonyl (C=O) groups excluding carboxylic acids is 1. The maximum absolute atomic E-state index is 11.9. The van der Waals surface area contributed by atoms with Gasteiger partial charge in [0, 0.05) is 31.6 Å². The Labute approximate surface area is 107 Å². The summed E-state index contributed by atoms with van der Waals surface area (Å²) in [7, 11) is 1.53. The van der Waals surface area contributed by atoms with Crippen molar-refractivity contribution in [3.8, 4) is 0 Å². The molecule has 5 heteroatoms. The second kappa shape index (κ2) is 7.79. The van der Waals surface area contributed by atoms with Gasteiger partial charge in [-0.15, -0.1) is 0 Å². The molecule has 0 aliphatic heterocycles. The highest BCUT2D eigenvalue weighted by atomic mass is 16.5. The lowest BCUT2D eigenvalue weighted by Crippen LogP contribution is -2.29. The molecule has 0 radical (unpaired) electrons. The van der Waals surface area contributed by atoms with E-state index >= 15 is 0 Å². The van der Waals surface area contributed by atoms with Gasteiger partial charge in [0.1, 0.15) is 0 Å². The maximum atomic E-state index is 11.9. The number of aryl methyl sites for hydroxylation is 1. The van der Waals surface area contributed by atoms with Crippen molar-refractivity contribution in [1.82, 2.24) is 10.3 Å². The van der Waals surface area contributed by atoms with Gasteiger partial charge in [-0.1, -0.05) is 6.92 Å². The molecule has 0 bridgehead atoms. The van der Waals surface area contributed by atoms with Gasteiger partial charge in [-0.3, -0.25) is 9.78 Å². The van der Waals surface area contributed by atoms with Crippen LogP contribution in [0, 0.1) is 0 Å². The highest BCUT2D eigenvalue weighted by molar-refractivity contribution is 5.95. The third kappa shape index (κ3) is 4.43. The molecule has 2 N–H and O–H groups in total. The molecule has 0 saturated heterocycles. The standard InChI is InChI=1S/C13H20N2O3/c1-3-10-8-14-6-5-12(10)13(17)15-7-4-11(16)9-18-2/h5-6,8,11,16H,3-4,7,9H2,1-2H3,(H,15,17). The Morgan fingerprint density at radius 2 is 2.39 bits per heavy atom. The zero-order valence-electron chi connectivity index (χ0n) is 10.8. The summed E-state index contributed by atoms with van der Waals surface area (Å²) in [5.41, 5.74) is 1.57. The number of nitrogens with one attached hydrogen (secondary N) is 1. The number of carbonyl (C=O) groups is 1. The molecular weight excluding hydrogens is 232 g/mol. The van der Waals surface area contributed by atoms with Crippen LogP contribution in [0.2, 0.25) is 0 Å². The number of aliphatic hydroxyl groups excluding tert-OH is 1. The first-order valence-electron chi connectivity index (χ1n) is 6.07. The number of ether oxygens (including phenoxy) is 1. The van der Waals surface area contributed by atoms with Crippen LogP contribution < -0.4 is 5.32 Å². The minimum absolute atomic E-state index is 0.126. The summed E-state index contributed by atoms with van der Waals surface area (Å²) >= 11 is 0. The minimum Gasteiger partial charge on any atom is -0.391 e. The highest BCUT2D eigenvalue weighted by Gasteiger charge is 2.10. The zero-order valence-corrected chi connectivity index (χ0v) is 10.8. The molecule has 1 heterocycles. The van der Waals surface area contributed by atoms with E-state index in [9.17, 15) is 9.90 Å². The molecule has 1 atom stereocenters. The molecule has 0 saturated carbocycles. The van der Waals surface area contributed by atoms with Gasteiger partial charge in [0.15, 0.2) is 0 Å². The van der Waals surface area contributed by atoms with Crippen LogP contribution in [0.15, 0.2) is 18.5 Å². The fourth-order valence-electron chi connectivity index (χ4n) is 1.65. The van der Waals surface area contributed by atoms with Gasteiger partial charge in [0.25, 0.3) is 5.91 Å². The monoisotopic (exact) mass is 252 g/mol. The van der Waals surface area contributed by atoms with Gasteiger partial charge >= 0.3 is 0 Å². The van der Waals surface area contributed by atoms with Crippen LogP contribution in [0.1, 0.15) is 29.3 Å². The molecule has 0 aliphatic rings. The van der Waals surface area contributed by atoms with Gasteiger partial charge in [0.05, 0.1) is 12.7 Å². The van der Waals surface area contributed by atoms with Crippen LogP contribution in [0.3, 0.4) is 0 Å². The van der Waals surface area contributed by atoms with Crippen LogP contribution in [0.5, 0.6) is 0 Å². The first kappa shape index (κ1) is 14.6. The molecule has 18 heavy (non-hydrogen) atoms. The Bertz CT molecular complexity index is 382. The van der Waals surface area contributed by atoms with Gasteiger partial charge in [0.2, 0.25) is 0 Å². The van der Waals surface area contributed by atoms with E-state index in [0.717, 1.165) is 12.0 Å². The molecular formula is C13H20N2O3. The van der Waals surface area contributed by atoms with E-state index in [1.54, 1.807) is 18.5 Å². The van der Waals surface area contributed by atoms with Crippen LogP contribution in [-0.2, 0) is 11.2 Å². The normalized spacial score (nSPS) is 12.2. The Kier molecular flexibility index (Phi) is 6.32. The molecule has 0 aliphatic carbocycles. The van der Waals surface area contributed by atoms with Crippen LogP contribution in [0.4, 0.5) is 0 Å². The highest BCUT2D eigenvalue weighted by Crippen LogP contribution is 2.07. The van der Waals surface area contributed by atoms with Crippen molar-refractivity contribution in [3.05, 3.63) is 29.6 Å². The van der Waals surface area contributed by atoms with Crippen LogP contribution >= 0.6 is 0 Å². The summed E-state index contributed by atoms with van der Waals surface area (Å²) in [6, 6.07) is 1.71. The summed E-state index contributed by atoms with van der Waals surface area (Å²) in [4.78, 5) is 15.9. The lowest BCUT2D eigenvalue weighted by atomic mass is 10.1. The van der Waals surface area contributed by atoms with Crippen molar-refractivity contribution in [1.29, 1.82) is 0 Å². The maximum Gasteiger partial charge on any atom is 0.251 e. The van der Waals surface area contributed by atoms with E-state index in [2.05, 4.69) is 10.3 Å². The van der Waals surface area contributed by atoms with Crippen molar-refractivity contribution in [2.24, 2.45) is 0 Å². The number of nitrogens with zero attached hydrogens (tertiary/aromatic N) is 1. The largest absolute Gasteiger partial charge is 0.391 e. The number of methoxy groups -OCH3 is 1. The fourth-order valence-corrected chi connectivity index (χ4v) is 1.65. The Morgan fingerprint density at radius 1 is 1.61 bits per heavy atom. The predicted octanol–water partition coefficient (Wildman–Crippen LogP) is 0.771. The second-order valence-electron chi connectivity index (χ2n) is 4.04. The first-order valence-corrected chi connectivity index (χ1v) is 6.07. The molecule has 0 fully saturated rings. The molecule has 0 aromatic carbocycles. The first-order chi connectivity index (χ1) is 8.69. The Balaban J connectivity index is 2.45.